The monoisotopic (exact) mass is 396 g/mol. The summed E-state index contributed by atoms with van der Waals surface area (Å²) in [5.74, 6) is -0.283. The third-order valence-corrected chi connectivity index (χ3v) is 4.02. The van der Waals surface area contributed by atoms with Crippen LogP contribution in [0.3, 0.4) is 0 Å². The van der Waals surface area contributed by atoms with E-state index in [1.807, 2.05) is 32.4 Å². The van der Waals surface area contributed by atoms with E-state index >= 15 is 0 Å². The molecule has 0 atom stereocenters. The topological polar surface area (TPSA) is 44.8 Å². The summed E-state index contributed by atoms with van der Waals surface area (Å²) in [5.41, 5.74) is 3.03. The number of hydrogen-bond acceptors (Lipinski definition) is 3. The lowest BCUT2D eigenvalue weighted by molar-refractivity contribution is 0.402. The van der Waals surface area contributed by atoms with Crippen molar-refractivity contribution >= 4 is 33.5 Å². The number of rotatable bonds is 3. The van der Waals surface area contributed by atoms with Crippen LogP contribution in [0, 0.1) is 9.52 Å². The molecule has 0 saturated carbocycles. The van der Waals surface area contributed by atoms with E-state index in [9.17, 15) is 4.39 Å². The van der Waals surface area contributed by atoms with Crippen molar-refractivity contribution in [2.45, 2.75) is 6.54 Å². The number of H-pyrrole nitrogens is 1. The lowest BCUT2D eigenvalue weighted by Gasteiger charge is -2.11. The zero-order chi connectivity index (χ0) is 15.0. The average molecular weight is 396 g/mol. The van der Waals surface area contributed by atoms with Gasteiger partial charge in [-0.2, -0.15) is 5.10 Å². The second kappa shape index (κ2) is 5.69. The van der Waals surface area contributed by atoms with Crippen molar-refractivity contribution in [3.8, 4) is 11.1 Å². The highest BCUT2D eigenvalue weighted by molar-refractivity contribution is 14.1. The van der Waals surface area contributed by atoms with Crippen LogP contribution in [-0.2, 0) is 6.54 Å². The smallest absolute Gasteiger partial charge is 0.133 e. The molecule has 0 radical (unpaired) electrons. The molecule has 4 nitrogen and oxygen atoms in total. The fourth-order valence-electron chi connectivity index (χ4n) is 2.31. The molecule has 3 aromatic rings. The lowest BCUT2D eigenvalue weighted by Crippen LogP contribution is -2.10. The van der Waals surface area contributed by atoms with Crippen molar-refractivity contribution in [2.75, 3.05) is 14.1 Å². The Kier molecular flexibility index (Phi) is 3.90. The van der Waals surface area contributed by atoms with Crippen molar-refractivity contribution < 1.29 is 4.39 Å². The molecule has 0 aliphatic carbocycles. The summed E-state index contributed by atoms with van der Waals surface area (Å²) >= 11 is 2.16. The van der Waals surface area contributed by atoms with Gasteiger partial charge in [-0.25, -0.2) is 4.39 Å². The second-order valence-corrected chi connectivity index (χ2v) is 6.29. The Morgan fingerprint density at radius 3 is 2.81 bits per heavy atom. The Hall–Kier alpha value is -1.54. The average Bonchev–Trinajstić information content (AvgIpc) is 2.78. The first-order valence-corrected chi connectivity index (χ1v) is 7.54. The largest absolute Gasteiger partial charge is 0.305 e. The standard InChI is InChI=1S/C15H14FIN4/c1-21(2)8-9-3-10(7-18-6-9)11-4-12-14(5-13(11)16)19-20-15(12)17/h3-7H,8H2,1-2H3,(H,19,20). The molecule has 0 spiro atoms. The third kappa shape index (κ3) is 2.91. The van der Waals surface area contributed by atoms with Gasteiger partial charge in [0.2, 0.25) is 0 Å². The summed E-state index contributed by atoms with van der Waals surface area (Å²) in [7, 11) is 3.99. The first kappa shape index (κ1) is 14.4. The molecule has 3 rings (SSSR count). The minimum Gasteiger partial charge on any atom is -0.305 e. The number of hydrogen-bond donors (Lipinski definition) is 1. The minimum absolute atomic E-state index is 0.283. The van der Waals surface area contributed by atoms with Gasteiger partial charge in [0.05, 0.1) is 5.52 Å². The highest BCUT2D eigenvalue weighted by Crippen LogP contribution is 2.29. The van der Waals surface area contributed by atoms with Gasteiger partial charge in [-0.1, -0.05) is 0 Å². The molecule has 6 heteroatoms. The van der Waals surface area contributed by atoms with Crippen LogP contribution < -0.4 is 0 Å². The predicted molar refractivity (Wildman–Crippen MR) is 89.4 cm³/mol. The Morgan fingerprint density at radius 1 is 1.24 bits per heavy atom. The van der Waals surface area contributed by atoms with Gasteiger partial charge in [0, 0.05) is 41.5 Å². The van der Waals surface area contributed by atoms with Gasteiger partial charge in [-0.3, -0.25) is 10.1 Å². The maximum absolute atomic E-state index is 14.3. The highest BCUT2D eigenvalue weighted by Gasteiger charge is 2.12. The highest BCUT2D eigenvalue weighted by atomic mass is 127. The predicted octanol–water partition coefficient (Wildman–Crippen LogP) is 3.43. The van der Waals surface area contributed by atoms with Gasteiger partial charge >= 0.3 is 0 Å². The first-order chi connectivity index (χ1) is 10.0. The van der Waals surface area contributed by atoms with Crippen LogP contribution in [0.15, 0.2) is 30.6 Å². The van der Waals surface area contributed by atoms with Crippen LogP contribution in [0.4, 0.5) is 4.39 Å². The van der Waals surface area contributed by atoms with E-state index in [-0.39, 0.29) is 5.82 Å². The van der Waals surface area contributed by atoms with E-state index in [2.05, 4.69) is 42.7 Å². The van der Waals surface area contributed by atoms with Crippen LogP contribution in [-0.4, -0.2) is 34.2 Å². The Balaban J connectivity index is 2.11. The molecule has 0 unspecified atom stereocenters. The molecule has 1 aromatic carbocycles. The number of nitrogens with one attached hydrogen (secondary N) is 1. The van der Waals surface area contributed by atoms with Crippen molar-refractivity contribution in [1.29, 1.82) is 0 Å². The maximum Gasteiger partial charge on any atom is 0.133 e. The SMILES string of the molecule is CN(C)Cc1cncc(-c2cc3c(I)[nH]nc3cc2F)c1. The van der Waals surface area contributed by atoms with Crippen LogP contribution in [0.25, 0.3) is 22.0 Å². The Morgan fingerprint density at radius 2 is 2.05 bits per heavy atom. The summed E-state index contributed by atoms with van der Waals surface area (Å²) in [4.78, 5) is 6.28. The van der Waals surface area contributed by atoms with Gasteiger partial charge < -0.3 is 4.90 Å². The summed E-state index contributed by atoms with van der Waals surface area (Å²) in [6.07, 6.45) is 3.50. The molecule has 2 heterocycles. The van der Waals surface area contributed by atoms with Crippen molar-refractivity contribution in [3.63, 3.8) is 0 Å². The van der Waals surface area contributed by atoms with Crippen LogP contribution >= 0.6 is 22.6 Å². The molecule has 0 fully saturated rings. The molecule has 21 heavy (non-hydrogen) atoms. The number of halogens is 2. The van der Waals surface area contributed by atoms with Gasteiger partial charge in [0.15, 0.2) is 0 Å². The van der Waals surface area contributed by atoms with Crippen molar-refractivity contribution in [3.05, 3.63) is 45.7 Å². The van der Waals surface area contributed by atoms with E-state index in [4.69, 9.17) is 0 Å². The Labute approximate surface area is 135 Å². The number of nitrogens with zero attached hydrogens (tertiary/aromatic N) is 3. The zero-order valence-corrected chi connectivity index (χ0v) is 13.8. The molecular formula is C15H14FIN4. The molecular weight excluding hydrogens is 382 g/mol. The molecule has 0 saturated heterocycles. The van der Waals surface area contributed by atoms with Gasteiger partial charge in [-0.15, -0.1) is 0 Å². The van der Waals surface area contributed by atoms with Crippen LogP contribution in [0.1, 0.15) is 5.56 Å². The maximum atomic E-state index is 14.3. The molecule has 2 aromatic heterocycles. The van der Waals surface area contributed by atoms with E-state index in [0.717, 1.165) is 26.8 Å². The summed E-state index contributed by atoms with van der Waals surface area (Å²) in [6, 6.07) is 5.26. The number of pyridine rings is 1. The summed E-state index contributed by atoms with van der Waals surface area (Å²) < 4.78 is 15.2. The van der Waals surface area contributed by atoms with E-state index in [0.29, 0.717) is 11.1 Å². The minimum atomic E-state index is -0.283. The lowest BCUT2D eigenvalue weighted by atomic mass is 10.0. The molecule has 0 bridgehead atoms. The van der Waals surface area contributed by atoms with Gasteiger partial charge in [0.1, 0.15) is 9.52 Å². The molecule has 0 aliphatic heterocycles. The number of benzene rings is 1. The fourth-order valence-corrected chi connectivity index (χ4v) is 2.86. The summed E-state index contributed by atoms with van der Waals surface area (Å²) in [6.45, 7) is 0.772. The normalized spacial score (nSPS) is 11.5. The second-order valence-electron chi connectivity index (χ2n) is 5.21. The molecule has 108 valence electrons. The molecule has 0 amide bonds. The van der Waals surface area contributed by atoms with Crippen LogP contribution in [0.5, 0.6) is 0 Å². The first-order valence-electron chi connectivity index (χ1n) is 6.47. The fraction of sp³-hybridized carbons (Fsp3) is 0.200. The summed E-state index contributed by atoms with van der Waals surface area (Å²) in [5, 5.41) is 7.86. The molecule has 1 N–H and O–H groups in total. The Bertz CT molecular complexity index is 797. The van der Waals surface area contributed by atoms with E-state index in [1.54, 1.807) is 6.20 Å². The van der Waals surface area contributed by atoms with Crippen molar-refractivity contribution in [2.24, 2.45) is 0 Å². The quantitative estimate of drug-likeness (QED) is 0.691. The van der Waals surface area contributed by atoms with Crippen molar-refractivity contribution in [1.82, 2.24) is 20.1 Å². The third-order valence-electron chi connectivity index (χ3n) is 3.20. The number of aromatic nitrogens is 3. The number of aromatic amines is 1. The van der Waals surface area contributed by atoms with Gasteiger partial charge in [0.25, 0.3) is 0 Å². The van der Waals surface area contributed by atoms with E-state index in [1.165, 1.54) is 6.07 Å². The number of fused-ring (bicyclic) bond motifs is 1. The van der Waals surface area contributed by atoms with Crippen LogP contribution in [0.2, 0.25) is 0 Å². The molecule has 0 aliphatic rings. The zero-order valence-electron chi connectivity index (χ0n) is 11.7. The van der Waals surface area contributed by atoms with E-state index < -0.39 is 0 Å². The van der Waals surface area contributed by atoms with Gasteiger partial charge in [-0.05, 0) is 54.4 Å².